The molecule has 0 saturated carbocycles. The van der Waals surface area contributed by atoms with Gasteiger partial charge in [0.2, 0.25) is 17.7 Å². The van der Waals surface area contributed by atoms with Crippen LogP contribution in [0.3, 0.4) is 0 Å². The fourth-order valence-electron chi connectivity index (χ4n) is 4.16. The van der Waals surface area contributed by atoms with Crippen molar-refractivity contribution in [1.29, 1.82) is 0 Å². The molecule has 36 heavy (non-hydrogen) atoms. The van der Waals surface area contributed by atoms with Crippen molar-refractivity contribution in [2.75, 3.05) is 11.9 Å². The summed E-state index contributed by atoms with van der Waals surface area (Å²) in [5, 5.41) is 18.0. The SMILES string of the molecule is Cc1nc2c(NC(=O)CNC(=O)c3ccc4n[nH]nc4c3)cccc2c(=O)n1C1CCC(=O)NC1=O. The van der Waals surface area contributed by atoms with E-state index in [4.69, 9.17) is 0 Å². The quantitative estimate of drug-likeness (QED) is 0.290. The molecule has 1 aliphatic heterocycles. The van der Waals surface area contributed by atoms with Crippen LogP contribution >= 0.6 is 0 Å². The molecule has 13 nitrogen and oxygen atoms in total. The monoisotopic (exact) mass is 488 g/mol. The zero-order valence-electron chi connectivity index (χ0n) is 19.0. The summed E-state index contributed by atoms with van der Waals surface area (Å²) in [5.41, 5.74) is 1.53. The summed E-state index contributed by atoms with van der Waals surface area (Å²) >= 11 is 0. The van der Waals surface area contributed by atoms with Crippen molar-refractivity contribution < 1.29 is 19.2 Å². The lowest BCUT2D eigenvalue weighted by Crippen LogP contribution is -2.45. The molecule has 5 rings (SSSR count). The first-order chi connectivity index (χ1) is 17.3. The van der Waals surface area contributed by atoms with E-state index in [1.165, 1.54) is 4.57 Å². The zero-order valence-corrected chi connectivity index (χ0v) is 19.0. The van der Waals surface area contributed by atoms with E-state index in [1.807, 2.05) is 0 Å². The van der Waals surface area contributed by atoms with Gasteiger partial charge in [-0.2, -0.15) is 15.4 Å². The van der Waals surface area contributed by atoms with Crippen molar-refractivity contribution in [1.82, 2.24) is 35.6 Å². The molecule has 1 atom stereocenters. The molecule has 0 aliphatic carbocycles. The van der Waals surface area contributed by atoms with Crippen LogP contribution in [0.15, 0.2) is 41.2 Å². The van der Waals surface area contributed by atoms with Gasteiger partial charge in [-0.3, -0.25) is 33.9 Å². The van der Waals surface area contributed by atoms with Crippen LogP contribution in [0.1, 0.15) is 35.1 Å². The molecule has 4 N–H and O–H groups in total. The van der Waals surface area contributed by atoms with Crippen molar-refractivity contribution in [3.05, 3.63) is 58.1 Å². The van der Waals surface area contributed by atoms with Crippen LogP contribution in [0.5, 0.6) is 0 Å². The minimum absolute atomic E-state index is 0.120. The van der Waals surface area contributed by atoms with Gasteiger partial charge < -0.3 is 10.6 Å². The second kappa shape index (κ2) is 9.02. The number of nitrogens with one attached hydrogen (secondary N) is 4. The highest BCUT2D eigenvalue weighted by Gasteiger charge is 2.30. The number of carbonyl (C=O) groups is 4. The summed E-state index contributed by atoms with van der Waals surface area (Å²) in [6, 6.07) is 8.63. The number of rotatable bonds is 5. The molecule has 0 radical (unpaired) electrons. The summed E-state index contributed by atoms with van der Waals surface area (Å²) in [7, 11) is 0. The summed E-state index contributed by atoms with van der Waals surface area (Å²) in [4.78, 5) is 66.5. The summed E-state index contributed by atoms with van der Waals surface area (Å²) < 4.78 is 1.27. The maximum Gasteiger partial charge on any atom is 0.262 e. The van der Waals surface area contributed by atoms with Crippen molar-refractivity contribution in [3.8, 4) is 0 Å². The average Bonchev–Trinajstić information content (AvgIpc) is 3.32. The van der Waals surface area contributed by atoms with Gasteiger partial charge >= 0.3 is 0 Å². The smallest absolute Gasteiger partial charge is 0.262 e. The molecule has 2 aromatic heterocycles. The highest BCUT2D eigenvalue weighted by atomic mass is 16.2. The molecule has 1 saturated heterocycles. The van der Waals surface area contributed by atoms with Crippen LogP contribution in [0.2, 0.25) is 0 Å². The maximum absolute atomic E-state index is 13.2. The lowest BCUT2D eigenvalue weighted by Gasteiger charge is -2.24. The van der Waals surface area contributed by atoms with Gasteiger partial charge in [0.1, 0.15) is 28.4 Å². The van der Waals surface area contributed by atoms with Gasteiger partial charge in [0.05, 0.1) is 17.6 Å². The third-order valence-corrected chi connectivity index (χ3v) is 5.89. The number of nitrogens with zero attached hydrogens (tertiary/aromatic N) is 4. The largest absolute Gasteiger partial charge is 0.343 e. The molecule has 3 heterocycles. The topological polar surface area (TPSA) is 181 Å². The Morgan fingerprint density at radius 3 is 2.72 bits per heavy atom. The van der Waals surface area contributed by atoms with E-state index in [-0.39, 0.29) is 47.7 Å². The van der Waals surface area contributed by atoms with Gasteiger partial charge in [0, 0.05) is 12.0 Å². The van der Waals surface area contributed by atoms with Crippen molar-refractivity contribution in [3.63, 3.8) is 0 Å². The van der Waals surface area contributed by atoms with Crippen molar-refractivity contribution in [2.24, 2.45) is 0 Å². The van der Waals surface area contributed by atoms with Gasteiger partial charge in [-0.1, -0.05) is 6.07 Å². The lowest BCUT2D eigenvalue weighted by atomic mass is 10.1. The molecular weight excluding hydrogens is 468 g/mol. The molecule has 0 bridgehead atoms. The number of fused-ring (bicyclic) bond motifs is 2. The molecule has 0 spiro atoms. The third kappa shape index (κ3) is 4.17. The normalized spacial score (nSPS) is 15.6. The molecule has 182 valence electrons. The Balaban J connectivity index is 1.34. The van der Waals surface area contributed by atoms with Crippen LogP contribution in [0.4, 0.5) is 5.69 Å². The zero-order chi connectivity index (χ0) is 25.4. The maximum atomic E-state index is 13.2. The fourth-order valence-corrected chi connectivity index (χ4v) is 4.16. The number of aryl methyl sites for hydroxylation is 1. The number of piperidine rings is 1. The number of aromatic amines is 1. The van der Waals surface area contributed by atoms with Gasteiger partial charge in [-0.25, -0.2) is 4.98 Å². The van der Waals surface area contributed by atoms with Gasteiger partial charge in [0.15, 0.2) is 0 Å². The Labute approximate surface area is 202 Å². The van der Waals surface area contributed by atoms with E-state index in [9.17, 15) is 24.0 Å². The number of hydrogen-bond donors (Lipinski definition) is 4. The summed E-state index contributed by atoms with van der Waals surface area (Å²) in [5.74, 6) is -1.66. The fraction of sp³-hybridized carbons (Fsp3) is 0.217. The predicted molar refractivity (Wildman–Crippen MR) is 127 cm³/mol. The number of H-pyrrole nitrogens is 1. The highest BCUT2D eigenvalue weighted by molar-refractivity contribution is 6.04. The predicted octanol–water partition coefficient (Wildman–Crippen LogP) is 0.322. The van der Waals surface area contributed by atoms with E-state index in [2.05, 4.69) is 36.3 Å². The minimum Gasteiger partial charge on any atom is -0.343 e. The number of imide groups is 1. The first kappa shape index (κ1) is 22.8. The highest BCUT2D eigenvalue weighted by Crippen LogP contribution is 2.23. The average molecular weight is 488 g/mol. The number of para-hydroxylation sites is 1. The van der Waals surface area contributed by atoms with E-state index >= 15 is 0 Å². The Morgan fingerprint density at radius 1 is 1.11 bits per heavy atom. The third-order valence-electron chi connectivity index (χ3n) is 5.89. The number of anilines is 1. The van der Waals surface area contributed by atoms with E-state index in [0.29, 0.717) is 16.6 Å². The first-order valence-electron chi connectivity index (χ1n) is 11.1. The molecule has 4 aromatic rings. The molecule has 1 fully saturated rings. The Hall–Kier alpha value is -4.94. The molecule has 2 aromatic carbocycles. The second-order valence-corrected chi connectivity index (χ2v) is 8.26. The molecular formula is C23H20N8O5. The standard InChI is InChI=1S/C23H20N8O5/c1-11-25-20-13(23(36)31(11)17-7-8-18(32)27-22(17)35)3-2-4-15(20)26-19(33)10-24-21(34)12-5-6-14-16(9-12)29-30-28-14/h2-6,9,17H,7-8,10H2,1H3,(H,24,34)(H,26,33)(H,27,32,35)(H,28,29,30). The number of amides is 4. The van der Waals surface area contributed by atoms with E-state index in [1.54, 1.807) is 43.3 Å². The number of aromatic nitrogens is 5. The van der Waals surface area contributed by atoms with E-state index < -0.39 is 29.3 Å². The van der Waals surface area contributed by atoms with Crippen LogP contribution in [-0.2, 0) is 14.4 Å². The van der Waals surface area contributed by atoms with Gasteiger partial charge in [-0.05, 0) is 43.7 Å². The Morgan fingerprint density at radius 2 is 1.92 bits per heavy atom. The van der Waals surface area contributed by atoms with Crippen molar-refractivity contribution >= 4 is 51.3 Å². The minimum atomic E-state index is -0.850. The van der Waals surface area contributed by atoms with Gasteiger partial charge in [0.25, 0.3) is 11.5 Å². The molecule has 4 amide bonds. The van der Waals surface area contributed by atoms with E-state index in [0.717, 1.165) is 0 Å². The number of carbonyl (C=O) groups excluding carboxylic acids is 4. The first-order valence-corrected chi connectivity index (χ1v) is 11.1. The van der Waals surface area contributed by atoms with Crippen LogP contribution in [-0.4, -0.2) is 55.1 Å². The lowest BCUT2D eigenvalue weighted by molar-refractivity contribution is -0.135. The Bertz CT molecular complexity index is 1620. The number of benzene rings is 2. The molecule has 1 aliphatic rings. The Kier molecular flexibility index (Phi) is 5.72. The molecule has 1 unspecified atom stereocenters. The molecule has 13 heteroatoms. The summed E-state index contributed by atoms with van der Waals surface area (Å²) in [6.07, 6.45) is 0.312. The van der Waals surface area contributed by atoms with Crippen LogP contribution in [0.25, 0.3) is 21.9 Å². The number of hydrogen-bond acceptors (Lipinski definition) is 8. The van der Waals surface area contributed by atoms with Crippen molar-refractivity contribution in [2.45, 2.75) is 25.8 Å². The second-order valence-electron chi connectivity index (χ2n) is 8.26. The van der Waals surface area contributed by atoms with Crippen LogP contribution < -0.4 is 21.5 Å². The van der Waals surface area contributed by atoms with Crippen LogP contribution in [0, 0.1) is 6.92 Å². The summed E-state index contributed by atoms with van der Waals surface area (Å²) in [6.45, 7) is 1.26. The van der Waals surface area contributed by atoms with Gasteiger partial charge in [-0.15, -0.1) is 0 Å².